The highest BCUT2D eigenvalue weighted by atomic mass is 32.2. The van der Waals surface area contributed by atoms with E-state index in [9.17, 15) is 4.21 Å². The van der Waals surface area contributed by atoms with Gasteiger partial charge in [0, 0.05) is 42.0 Å². The van der Waals surface area contributed by atoms with Crippen molar-refractivity contribution in [2.45, 2.75) is 37.0 Å². The van der Waals surface area contributed by atoms with Crippen LogP contribution >= 0.6 is 0 Å². The van der Waals surface area contributed by atoms with Crippen LogP contribution in [-0.2, 0) is 15.5 Å². The Balaban J connectivity index is 1.78. The Morgan fingerprint density at radius 1 is 1.40 bits per heavy atom. The van der Waals surface area contributed by atoms with Crippen molar-refractivity contribution in [3.63, 3.8) is 0 Å². The van der Waals surface area contributed by atoms with Gasteiger partial charge < -0.3 is 10.1 Å². The molecule has 1 heterocycles. The first-order valence-corrected chi connectivity index (χ1v) is 7.28. The normalized spacial score (nSPS) is 34.7. The van der Waals surface area contributed by atoms with Crippen molar-refractivity contribution < 1.29 is 8.95 Å². The highest BCUT2D eigenvalue weighted by molar-refractivity contribution is 7.85. The third-order valence-corrected chi connectivity index (χ3v) is 5.52. The van der Waals surface area contributed by atoms with Crippen molar-refractivity contribution in [2.75, 3.05) is 26.0 Å². The highest BCUT2D eigenvalue weighted by Gasteiger charge is 2.29. The molecule has 2 fully saturated rings. The van der Waals surface area contributed by atoms with E-state index in [1.165, 1.54) is 6.42 Å². The summed E-state index contributed by atoms with van der Waals surface area (Å²) >= 11 is 0. The van der Waals surface area contributed by atoms with Crippen LogP contribution in [0.5, 0.6) is 0 Å². The molecule has 1 aliphatic carbocycles. The fraction of sp³-hybridized carbons (Fsp3) is 1.00. The lowest BCUT2D eigenvalue weighted by Crippen LogP contribution is -2.46. The zero-order valence-electron chi connectivity index (χ0n) is 9.41. The Morgan fingerprint density at radius 2 is 2.20 bits per heavy atom. The molecule has 4 heteroatoms. The van der Waals surface area contributed by atoms with Crippen LogP contribution in [0.3, 0.4) is 0 Å². The zero-order valence-corrected chi connectivity index (χ0v) is 10.2. The topological polar surface area (TPSA) is 38.3 Å². The molecule has 0 aromatic rings. The Hall–Kier alpha value is 0.0700. The maximum atomic E-state index is 12.1. The molecule has 88 valence electrons. The minimum absolute atomic E-state index is 0.354. The van der Waals surface area contributed by atoms with E-state index in [4.69, 9.17) is 4.74 Å². The second kappa shape index (κ2) is 5.41. The lowest BCUT2D eigenvalue weighted by molar-refractivity contribution is 0.0725. The summed E-state index contributed by atoms with van der Waals surface area (Å²) in [5.74, 6) is 1.56. The first kappa shape index (κ1) is 11.6. The van der Waals surface area contributed by atoms with E-state index in [-0.39, 0.29) is 0 Å². The Bertz CT molecular complexity index is 231. The highest BCUT2D eigenvalue weighted by Crippen LogP contribution is 2.25. The van der Waals surface area contributed by atoms with Gasteiger partial charge in [-0.15, -0.1) is 0 Å². The molecule has 0 radical (unpaired) electrons. The number of nitrogens with one attached hydrogen (secondary N) is 1. The van der Waals surface area contributed by atoms with Gasteiger partial charge in [0.2, 0.25) is 0 Å². The molecule has 1 aliphatic heterocycles. The number of hydrogen-bond acceptors (Lipinski definition) is 3. The largest absolute Gasteiger partial charge is 0.381 e. The molecule has 1 saturated carbocycles. The van der Waals surface area contributed by atoms with E-state index < -0.39 is 10.8 Å². The van der Waals surface area contributed by atoms with Crippen molar-refractivity contribution in [1.82, 2.24) is 5.32 Å². The summed E-state index contributed by atoms with van der Waals surface area (Å²) in [7, 11) is 1.14. The molecular weight excluding hydrogens is 210 g/mol. The summed E-state index contributed by atoms with van der Waals surface area (Å²) < 4.78 is 17.5. The van der Waals surface area contributed by atoms with E-state index in [1.807, 2.05) is 0 Å². The standard InChI is InChI=1S/C11H21NO2S/c1-14-10-3-2-4-11(5-10)15(13)8-9-6-12-7-9/h9-12H,2-8H2,1H3. The summed E-state index contributed by atoms with van der Waals surface area (Å²) in [4.78, 5) is 0. The molecule has 1 saturated heterocycles. The van der Waals surface area contributed by atoms with Gasteiger partial charge in [-0.05, 0) is 31.6 Å². The molecule has 0 bridgehead atoms. The van der Waals surface area contributed by atoms with Gasteiger partial charge in [-0.2, -0.15) is 0 Å². The smallest absolute Gasteiger partial charge is 0.0582 e. The van der Waals surface area contributed by atoms with Crippen LogP contribution in [0.25, 0.3) is 0 Å². The van der Waals surface area contributed by atoms with E-state index >= 15 is 0 Å². The molecule has 2 aliphatic rings. The van der Waals surface area contributed by atoms with Crippen molar-refractivity contribution >= 4 is 10.8 Å². The van der Waals surface area contributed by atoms with Gasteiger partial charge in [-0.25, -0.2) is 0 Å². The first-order chi connectivity index (χ1) is 7.29. The zero-order chi connectivity index (χ0) is 10.7. The van der Waals surface area contributed by atoms with Gasteiger partial charge in [0.05, 0.1) is 6.10 Å². The lowest BCUT2D eigenvalue weighted by atomic mass is 9.97. The van der Waals surface area contributed by atoms with Crippen molar-refractivity contribution in [3.8, 4) is 0 Å². The fourth-order valence-electron chi connectivity index (χ4n) is 2.39. The minimum Gasteiger partial charge on any atom is -0.381 e. The van der Waals surface area contributed by atoms with Gasteiger partial charge in [-0.1, -0.05) is 0 Å². The molecule has 3 atom stereocenters. The van der Waals surface area contributed by atoms with Gasteiger partial charge in [0.25, 0.3) is 0 Å². The molecule has 0 spiro atoms. The summed E-state index contributed by atoms with van der Waals surface area (Å²) in [6, 6.07) is 0. The monoisotopic (exact) mass is 231 g/mol. The molecule has 3 nitrogen and oxygen atoms in total. The van der Waals surface area contributed by atoms with Crippen molar-refractivity contribution in [3.05, 3.63) is 0 Å². The maximum absolute atomic E-state index is 12.1. The molecule has 1 N–H and O–H groups in total. The van der Waals surface area contributed by atoms with E-state index in [1.54, 1.807) is 7.11 Å². The van der Waals surface area contributed by atoms with Crippen LogP contribution < -0.4 is 5.32 Å². The predicted molar refractivity (Wildman–Crippen MR) is 62.4 cm³/mol. The Kier molecular flexibility index (Phi) is 4.17. The summed E-state index contributed by atoms with van der Waals surface area (Å²) in [6.45, 7) is 2.12. The van der Waals surface area contributed by atoms with Crippen LogP contribution in [0.4, 0.5) is 0 Å². The SMILES string of the molecule is COC1CCCC(S(=O)CC2CNC2)C1. The van der Waals surface area contributed by atoms with Gasteiger partial charge in [0.1, 0.15) is 0 Å². The van der Waals surface area contributed by atoms with E-state index in [2.05, 4.69) is 5.32 Å². The predicted octanol–water partition coefficient (Wildman–Crippen LogP) is 0.912. The maximum Gasteiger partial charge on any atom is 0.0582 e. The van der Waals surface area contributed by atoms with Gasteiger partial charge in [0.15, 0.2) is 0 Å². The molecule has 15 heavy (non-hydrogen) atoms. The lowest BCUT2D eigenvalue weighted by Gasteiger charge is -2.31. The molecule has 0 aromatic carbocycles. The molecular formula is C11H21NO2S. The van der Waals surface area contributed by atoms with Gasteiger partial charge in [-0.3, -0.25) is 4.21 Å². The van der Waals surface area contributed by atoms with Crippen molar-refractivity contribution in [1.29, 1.82) is 0 Å². The van der Waals surface area contributed by atoms with Crippen LogP contribution in [0, 0.1) is 5.92 Å². The second-order valence-electron chi connectivity index (χ2n) is 4.72. The van der Waals surface area contributed by atoms with Crippen LogP contribution in [0.1, 0.15) is 25.7 Å². The number of ether oxygens (including phenoxy) is 1. The quantitative estimate of drug-likeness (QED) is 0.781. The van der Waals surface area contributed by atoms with Crippen LogP contribution in [-0.4, -0.2) is 41.5 Å². The summed E-state index contributed by atoms with van der Waals surface area (Å²) in [5.41, 5.74) is 0. The van der Waals surface area contributed by atoms with E-state index in [0.717, 1.165) is 38.1 Å². The molecule has 2 rings (SSSR count). The number of rotatable bonds is 4. The average molecular weight is 231 g/mol. The van der Waals surface area contributed by atoms with Crippen molar-refractivity contribution in [2.24, 2.45) is 5.92 Å². The van der Waals surface area contributed by atoms with Crippen LogP contribution in [0.2, 0.25) is 0 Å². The van der Waals surface area contributed by atoms with Crippen LogP contribution in [0.15, 0.2) is 0 Å². The molecule has 0 aromatic heterocycles. The van der Waals surface area contributed by atoms with Gasteiger partial charge >= 0.3 is 0 Å². The first-order valence-electron chi connectivity index (χ1n) is 5.90. The summed E-state index contributed by atoms with van der Waals surface area (Å²) in [6.07, 6.45) is 4.82. The third kappa shape index (κ3) is 3.02. The number of methoxy groups -OCH3 is 1. The fourth-order valence-corrected chi connectivity index (χ4v) is 4.22. The molecule has 0 amide bonds. The molecule has 3 unspecified atom stereocenters. The Morgan fingerprint density at radius 3 is 2.80 bits per heavy atom. The van der Waals surface area contributed by atoms with E-state index in [0.29, 0.717) is 17.3 Å². The number of hydrogen-bond donors (Lipinski definition) is 1. The summed E-state index contributed by atoms with van der Waals surface area (Å²) in [5, 5.41) is 3.62. The second-order valence-corrected chi connectivity index (χ2v) is 6.48. The Labute approximate surface area is 94.4 Å². The average Bonchev–Trinajstić information content (AvgIpc) is 2.23. The minimum atomic E-state index is -0.627. The third-order valence-electron chi connectivity index (χ3n) is 3.55.